The van der Waals surface area contributed by atoms with Crippen LogP contribution in [0.1, 0.15) is 43.6 Å². The average Bonchev–Trinajstić information content (AvgIpc) is 2.45. The van der Waals surface area contributed by atoms with Gasteiger partial charge in [0, 0.05) is 0 Å². The summed E-state index contributed by atoms with van der Waals surface area (Å²) < 4.78 is 5.59. The molecule has 3 nitrogen and oxygen atoms in total. The highest BCUT2D eigenvalue weighted by molar-refractivity contribution is 5.31. The molecule has 1 unspecified atom stereocenters. The highest BCUT2D eigenvalue weighted by Gasteiger charge is 2.41. The fourth-order valence-corrected chi connectivity index (χ4v) is 3.40. The average molecular weight is 290 g/mol. The molecule has 3 heteroatoms. The number of rotatable bonds is 5. The first-order valence-electron chi connectivity index (χ1n) is 7.82. The van der Waals surface area contributed by atoms with Gasteiger partial charge in [-0.2, -0.15) is 0 Å². The van der Waals surface area contributed by atoms with E-state index in [0.717, 1.165) is 43.5 Å². The summed E-state index contributed by atoms with van der Waals surface area (Å²) in [7, 11) is 11.8. The van der Waals surface area contributed by atoms with Crippen molar-refractivity contribution < 1.29 is 14.3 Å². The second-order valence-electron chi connectivity index (χ2n) is 6.95. The third kappa shape index (κ3) is 4.21. The molecule has 0 saturated heterocycles. The highest BCUT2D eigenvalue weighted by Crippen LogP contribution is 2.41. The zero-order chi connectivity index (χ0) is 15.5. The van der Waals surface area contributed by atoms with Crippen LogP contribution >= 0.6 is 0 Å². The van der Waals surface area contributed by atoms with Crippen molar-refractivity contribution in [3.8, 4) is 5.75 Å². The van der Waals surface area contributed by atoms with E-state index in [-0.39, 0.29) is 5.92 Å². The normalized spacial score (nSPS) is 20.0. The van der Waals surface area contributed by atoms with Gasteiger partial charge in [0.05, 0.1) is 39.3 Å². The molecule has 1 atom stereocenters. The van der Waals surface area contributed by atoms with Gasteiger partial charge < -0.3 is 14.3 Å². The Balaban J connectivity index is 2.30. The third-order valence-corrected chi connectivity index (χ3v) is 4.54. The number of nitrogens with zero attached hydrogens (tertiary/aromatic N) is 1. The van der Waals surface area contributed by atoms with Crippen molar-refractivity contribution in [1.29, 1.82) is 0 Å². The summed E-state index contributed by atoms with van der Waals surface area (Å²) in [6.07, 6.45) is 5.15. The van der Waals surface area contributed by atoms with Gasteiger partial charge in [-0.05, 0) is 30.5 Å². The van der Waals surface area contributed by atoms with Crippen LogP contribution in [0.3, 0.4) is 0 Å². The largest absolute Gasteiger partial charge is 0.497 e. The molecule has 0 amide bonds. The van der Waals surface area contributed by atoms with Crippen LogP contribution in [-0.2, 0) is 0 Å². The minimum Gasteiger partial charge on any atom is -0.497 e. The molecule has 0 heterocycles. The Morgan fingerprint density at radius 1 is 1.19 bits per heavy atom. The van der Waals surface area contributed by atoms with Crippen molar-refractivity contribution in [3.05, 3.63) is 36.9 Å². The molecule has 116 valence electrons. The molecule has 2 radical (unpaired) electrons. The van der Waals surface area contributed by atoms with Crippen LogP contribution in [0.4, 0.5) is 0 Å². The summed E-state index contributed by atoms with van der Waals surface area (Å²) in [5.74, 6) is 0.901. The molecule has 0 bridgehead atoms. The first kappa shape index (κ1) is 16.3. The number of quaternary nitrogens is 1. The van der Waals surface area contributed by atoms with E-state index in [9.17, 15) is 5.11 Å². The molecule has 1 aromatic rings. The summed E-state index contributed by atoms with van der Waals surface area (Å²) in [4.78, 5) is 0. The van der Waals surface area contributed by atoms with E-state index < -0.39 is 5.60 Å². The lowest BCUT2D eigenvalue weighted by Gasteiger charge is -2.41. The second kappa shape index (κ2) is 6.37. The molecule has 0 aromatic heterocycles. The topological polar surface area (TPSA) is 29.5 Å². The lowest BCUT2D eigenvalue weighted by Crippen LogP contribution is -2.47. The number of likely N-dealkylation sites (N-methyl/N-ethyl adjacent to an activating group) is 1. The Bertz CT molecular complexity index is 441. The summed E-state index contributed by atoms with van der Waals surface area (Å²) in [5.41, 5.74) is 0.513. The van der Waals surface area contributed by atoms with Crippen molar-refractivity contribution in [2.75, 3.05) is 27.7 Å². The van der Waals surface area contributed by atoms with Gasteiger partial charge >= 0.3 is 0 Å². The van der Waals surface area contributed by atoms with Gasteiger partial charge in [-0.1, -0.05) is 31.4 Å². The van der Waals surface area contributed by atoms with Gasteiger partial charge in [0.15, 0.2) is 0 Å². The Hall–Kier alpha value is -1.06. The van der Waals surface area contributed by atoms with Crippen molar-refractivity contribution >= 4 is 0 Å². The molecule has 21 heavy (non-hydrogen) atoms. The number of aliphatic hydroxyl groups is 1. The predicted molar refractivity (Wildman–Crippen MR) is 85.0 cm³/mol. The maximum atomic E-state index is 11.2. The van der Waals surface area contributed by atoms with Crippen LogP contribution in [0, 0.1) is 7.05 Å². The molecule has 1 aromatic carbocycles. The van der Waals surface area contributed by atoms with Gasteiger partial charge in [0.25, 0.3) is 0 Å². The molecular formula is C18H28NO2+. The van der Waals surface area contributed by atoms with E-state index in [0.29, 0.717) is 4.48 Å². The highest BCUT2D eigenvalue weighted by atomic mass is 16.5. The van der Waals surface area contributed by atoms with E-state index in [1.807, 2.05) is 26.2 Å². The second-order valence-corrected chi connectivity index (χ2v) is 6.95. The van der Waals surface area contributed by atoms with E-state index in [2.05, 4.69) is 12.1 Å². The standard InChI is InChI=1S/C18H28NO2/c1-19(2,3)14-17(18(20)12-6-5-7-13-18)15-8-10-16(21-4)11-9-15/h1,8-11,17,20H,5-7,12-14H2,2-4H3/q+1. The maximum Gasteiger partial charge on any atom is 0.206 e. The Morgan fingerprint density at radius 3 is 2.24 bits per heavy atom. The Labute approximate surface area is 129 Å². The first-order chi connectivity index (χ1) is 9.84. The van der Waals surface area contributed by atoms with Gasteiger partial charge in [-0.15, -0.1) is 0 Å². The van der Waals surface area contributed by atoms with Crippen LogP contribution < -0.4 is 4.74 Å². The van der Waals surface area contributed by atoms with Gasteiger partial charge in [0.2, 0.25) is 7.05 Å². The number of hydrogen-bond acceptors (Lipinski definition) is 2. The Kier molecular flexibility index (Phi) is 4.95. The first-order valence-corrected chi connectivity index (χ1v) is 7.82. The lowest BCUT2D eigenvalue weighted by molar-refractivity contribution is -0.848. The smallest absolute Gasteiger partial charge is 0.206 e. The van der Waals surface area contributed by atoms with Gasteiger partial charge in [-0.25, -0.2) is 0 Å². The molecule has 1 saturated carbocycles. The monoisotopic (exact) mass is 290 g/mol. The lowest BCUT2D eigenvalue weighted by atomic mass is 9.72. The van der Waals surface area contributed by atoms with Gasteiger partial charge in [-0.3, -0.25) is 0 Å². The molecule has 1 fully saturated rings. The van der Waals surface area contributed by atoms with E-state index in [1.165, 1.54) is 6.42 Å². The van der Waals surface area contributed by atoms with Crippen LogP contribution in [0.5, 0.6) is 5.75 Å². The molecule has 1 aliphatic carbocycles. The van der Waals surface area contributed by atoms with E-state index in [1.54, 1.807) is 7.11 Å². The molecular weight excluding hydrogens is 262 g/mol. The maximum absolute atomic E-state index is 11.2. The Morgan fingerprint density at radius 2 is 1.76 bits per heavy atom. The SMILES string of the molecule is [CH][N+](C)(C)CC(c1ccc(OC)cc1)C1(O)CCCCC1. The molecule has 1 aliphatic rings. The number of hydrogen-bond donors (Lipinski definition) is 1. The predicted octanol–water partition coefficient (Wildman–Crippen LogP) is 3.22. The quantitative estimate of drug-likeness (QED) is 0.844. The van der Waals surface area contributed by atoms with Crippen LogP contribution in [0.15, 0.2) is 24.3 Å². The zero-order valence-corrected chi connectivity index (χ0v) is 13.5. The van der Waals surface area contributed by atoms with Crippen molar-refractivity contribution in [2.45, 2.75) is 43.6 Å². The zero-order valence-electron chi connectivity index (χ0n) is 13.5. The van der Waals surface area contributed by atoms with Gasteiger partial charge in [0.1, 0.15) is 5.75 Å². The minimum atomic E-state index is -0.637. The summed E-state index contributed by atoms with van der Waals surface area (Å²) >= 11 is 0. The summed E-state index contributed by atoms with van der Waals surface area (Å²) in [5, 5.41) is 11.2. The molecule has 0 aliphatic heterocycles. The fourth-order valence-electron chi connectivity index (χ4n) is 3.40. The number of ether oxygens (including phenoxy) is 1. The minimum absolute atomic E-state index is 0.0590. The molecule has 0 spiro atoms. The van der Waals surface area contributed by atoms with Crippen molar-refractivity contribution in [2.24, 2.45) is 0 Å². The van der Waals surface area contributed by atoms with Crippen LogP contribution in [-0.4, -0.2) is 42.9 Å². The number of benzene rings is 1. The van der Waals surface area contributed by atoms with Crippen LogP contribution in [0.25, 0.3) is 0 Å². The molecule has 2 rings (SSSR count). The fraction of sp³-hybridized carbons (Fsp3) is 0.611. The van der Waals surface area contributed by atoms with Crippen molar-refractivity contribution in [1.82, 2.24) is 0 Å². The van der Waals surface area contributed by atoms with Crippen molar-refractivity contribution in [3.63, 3.8) is 0 Å². The summed E-state index contributed by atoms with van der Waals surface area (Å²) in [6.45, 7) is 0.725. The number of methoxy groups -OCH3 is 1. The third-order valence-electron chi connectivity index (χ3n) is 4.54. The summed E-state index contributed by atoms with van der Waals surface area (Å²) in [6, 6.07) is 8.05. The molecule has 1 N–H and O–H groups in total. The van der Waals surface area contributed by atoms with E-state index >= 15 is 0 Å². The van der Waals surface area contributed by atoms with E-state index in [4.69, 9.17) is 11.8 Å². The van der Waals surface area contributed by atoms with Crippen LogP contribution in [0.2, 0.25) is 0 Å².